The lowest BCUT2D eigenvalue weighted by molar-refractivity contribution is -0.351. The predicted octanol–water partition coefficient (Wildman–Crippen LogP) is 3.64. The zero-order valence-corrected chi connectivity index (χ0v) is 23.7. The highest BCUT2D eigenvalue weighted by Gasteiger charge is 2.54. The van der Waals surface area contributed by atoms with Crippen LogP contribution in [0.2, 0.25) is 0 Å². The molecule has 12 heteroatoms. The normalized spacial score (nSPS) is 27.2. The van der Waals surface area contributed by atoms with Gasteiger partial charge in [-0.1, -0.05) is 65.7 Å². The van der Waals surface area contributed by atoms with E-state index in [9.17, 15) is 16.8 Å². The number of methoxy groups -OCH3 is 1. The number of hydrogen-bond acceptors (Lipinski definition) is 10. The van der Waals surface area contributed by atoms with E-state index in [1.165, 1.54) is 31.4 Å². The Morgan fingerprint density at radius 1 is 0.700 bits per heavy atom. The molecule has 5 rings (SSSR count). The average Bonchev–Trinajstić information content (AvgIpc) is 2.94. The summed E-state index contributed by atoms with van der Waals surface area (Å²) in [4.78, 5) is -0.229. The number of aryl methyl sites for hydroxylation is 2. The van der Waals surface area contributed by atoms with Crippen LogP contribution < -0.4 is 0 Å². The molecule has 2 aliphatic heterocycles. The Balaban J connectivity index is 1.53. The van der Waals surface area contributed by atoms with Gasteiger partial charge in [0.2, 0.25) is 0 Å². The summed E-state index contributed by atoms with van der Waals surface area (Å²) in [5.74, 6) is 0. The zero-order valence-electron chi connectivity index (χ0n) is 22.1. The second kappa shape index (κ2) is 11.7. The quantitative estimate of drug-likeness (QED) is 0.359. The van der Waals surface area contributed by atoms with Crippen molar-refractivity contribution >= 4 is 20.2 Å². The minimum Gasteiger partial charge on any atom is -0.353 e. The van der Waals surface area contributed by atoms with Crippen molar-refractivity contribution in [3.63, 3.8) is 0 Å². The third kappa shape index (κ3) is 6.14. The molecule has 40 heavy (non-hydrogen) atoms. The van der Waals surface area contributed by atoms with Gasteiger partial charge < -0.3 is 18.9 Å². The van der Waals surface area contributed by atoms with Gasteiger partial charge in [-0.2, -0.15) is 16.8 Å². The molecule has 2 fully saturated rings. The molecule has 2 aliphatic rings. The van der Waals surface area contributed by atoms with Gasteiger partial charge in [0.05, 0.1) is 16.4 Å². The molecule has 0 saturated carbocycles. The van der Waals surface area contributed by atoms with E-state index in [0.29, 0.717) is 5.56 Å². The highest BCUT2D eigenvalue weighted by Crippen LogP contribution is 2.38. The zero-order chi connectivity index (χ0) is 28.5. The van der Waals surface area contributed by atoms with E-state index in [4.69, 9.17) is 27.3 Å². The number of ether oxygens (including phenoxy) is 4. The van der Waals surface area contributed by atoms with Gasteiger partial charge in [0.25, 0.3) is 20.2 Å². The molecule has 0 spiro atoms. The fourth-order valence-corrected chi connectivity index (χ4v) is 6.71. The first kappa shape index (κ1) is 28.8. The molecule has 0 amide bonds. The van der Waals surface area contributed by atoms with E-state index in [1.807, 2.05) is 32.0 Å². The Bertz CT molecular complexity index is 1510. The van der Waals surface area contributed by atoms with Crippen molar-refractivity contribution in [2.24, 2.45) is 0 Å². The topological polar surface area (TPSA) is 124 Å². The predicted molar refractivity (Wildman–Crippen MR) is 142 cm³/mol. The lowest BCUT2D eigenvalue weighted by Crippen LogP contribution is -2.64. The molecule has 10 nitrogen and oxygen atoms in total. The minimum absolute atomic E-state index is 0.00591. The summed E-state index contributed by atoms with van der Waals surface area (Å²) in [6, 6.07) is 21.2. The Labute approximate surface area is 234 Å². The number of fused-ring (bicyclic) bond motifs is 1. The monoisotopic (exact) mass is 590 g/mol. The molecule has 2 heterocycles. The van der Waals surface area contributed by atoms with Crippen LogP contribution in [0.1, 0.15) is 23.0 Å². The number of benzene rings is 3. The Morgan fingerprint density at radius 2 is 1.23 bits per heavy atom. The lowest BCUT2D eigenvalue weighted by Gasteiger charge is -2.47. The molecule has 6 atom stereocenters. The van der Waals surface area contributed by atoms with Gasteiger partial charge in [0.1, 0.15) is 18.3 Å². The van der Waals surface area contributed by atoms with Crippen LogP contribution in [0, 0.1) is 13.8 Å². The van der Waals surface area contributed by atoms with Crippen LogP contribution in [-0.4, -0.2) is 61.3 Å². The van der Waals surface area contributed by atoms with Gasteiger partial charge in [0, 0.05) is 12.7 Å². The summed E-state index contributed by atoms with van der Waals surface area (Å²) in [7, 11) is -7.52. The molecule has 0 bridgehead atoms. The molecular weight excluding hydrogens is 560 g/mol. The van der Waals surface area contributed by atoms with E-state index < -0.39 is 57.2 Å². The molecular formula is C28H30O10S2. The second-order valence-electron chi connectivity index (χ2n) is 9.61. The lowest BCUT2D eigenvalue weighted by atomic mass is 9.98. The van der Waals surface area contributed by atoms with Gasteiger partial charge in [-0.3, -0.25) is 8.37 Å². The summed E-state index contributed by atoms with van der Waals surface area (Å²) in [6.45, 7) is 3.65. The van der Waals surface area contributed by atoms with E-state index in [2.05, 4.69) is 0 Å². The standard InChI is InChI=1S/C28H30O10S2/c1-18-9-13-21(14-10-18)39(29,30)37-25-24-23(17-34-27(36-24)20-7-5-4-6-8-20)35-28(33-3)26(25)38-40(31,32)22-15-11-19(2)12-16-22/h4-16,23-28H,17H2,1-3H3/t23-,24-,25+,26-,27-,28+/m1/s1. The fourth-order valence-electron chi connectivity index (χ4n) is 4.54. The van der Waals surface area contributed by atoms with Crippen molar-refractivity contribution < 1.29 is 44.1 Å². The Kier molecular flexibility index (Phi) is 8.41. The van der Waals surface area contributed by atoms with Crippen LogP contribution >= 0.6 is 0 Å². The second-order valence-corrected chi connectivity index (χ2v) is 12.8. The first-order chi connectivity index (χ1) is 19.1. The van der Waals surface area contributed by atoms with Crippen LogP contribution in [-0.2, 0) is 47.5 Å². The molecule has 214 valence electrons. The summed E-state index contributed by atoms with van der Waals surface area (Å²) in [5.41, 5.74) is 2.39. The number of rotatable bonds is 8. The van der Waals surface area contributed by atoms with Gasteiger partial charge >= 0.3 is 0 Å². The molecule has 0 unspecified atom stereocenters. The Morgan fingerprint density at radius 3 is 1.75 bits per heavy atom. The fraction of sp³-hybridized carbons (Fsp3) is 0.357. The van der Waals surface area contributed by atoms with Crippen LogP contribution in [0.15, 0.2) is 88.7 Å². The van der Waals surface area contributed by atoms with Crippen molar-refractivity contribution in [3.05, 3.63) is 95.6 Å². The van der Waals surface area contributed by atoms with Crippen molar-refractivity contribution in [2.45, 2.75) is 60.6 Å². The van der Waals surface area contributed by atoms with Gasteiger partial charge in [-0.05, 0) is 38.1 Å². The maximum atomic E-state index is 13.5. The van der Waals surface area contributed by atoms with Gasteiger partial charge in [-0.25, -0.2) is 0 Å². The summed E-state index contributed by atoms with van der Waals surface area (Å²) in [5, 5.41) is 0. The van der Waals surface area contributed by atoms with Crippen molar-refractivity contribution in [1.82, 2.24) is 0 Å². The van der Waals surface area contributed by atoms with Crippen LogP contribution in [0.3, 0.4) is 0 Å². The van der Waals surface area contributed by atoms with Crippen LogP contribution in [0.5, 0.6) is 0 Å². The van der Waals surface area contributed by atoms with E-state index >= 15 is 0 Å². The maximum absolute atomic E-state index is 13.5. The van der Waals surface area contributed by atoms with Crippen molar-refractivity contribution in [2.75, 3.05) is 13.7 Å². The summed E-state index contributed by atoms with van der Waals surface area (Å²) >= 11 is 0. The third-order valence-corrected chi connectivity index (χ3v) is 9.33. The highest BCUT2D eigenvalue weighted by molar-refractivity contribution is 7.87. The highest BCUT2D eigenvalue weighted by atomic mass is 32.2. The smallest absolute Gasteiger partial charge is 0.297 e. The SMILES string of the molecule is CO[C@H]1O[C@@H]2CO[C@@H](c3ccccc3)O[C@H]2[C@H](OS(=O)(=O)c2ccc(C)cc2)[C@H]1OS(=O)(=O)c1ccc(C)cc1. The third-order valence-electron chi connectivity index (χ3n) is 6.68. The molecule has 0 N–H and O–H groups in total. The molecule has 2 saturated heterocycles. The van der Waals surface area contributed by atoms with Crippen molar-refractivity contribution in [1.29, 1.82) is 0 Å². The van der Waals surface area contributed by atoms with Crippen LogP contribution in [0.4, 0.5) is 0 Å². The minimum atomic E-state index is -4.41. The summed E-state index contributed by atoms with van der Waals surface area (Å²) < 4.78 is 88.4. The van der Waals surface area contributed by atoms with E-state index in [1.54, 1.807) is 36.4 Å². The molecule has 0 aliphatic carbocycles. The van der Waals surface area contributed by atoms with Crippen LogP contribution in [0.25, 0.3) is 0 Å². The van der Waals surface area contributed by atoms with E-state index in [-0.39, 0.29) is 16.4 Å². The first-order valence-electron chi connectivity index (χ1n) is 12.6. The van der Waals surface area contributed by atoms with Gasteiger partial charge in [0.15, 0.2) is 18.7 Å². The molecule has 0 radical (unpaired) electrons. The molecule has 0 aromatic heterocycles. The largest absolute Gasteiger partial charge is 0.353 e. The van der Waals surface area contributed by atoms with Gasteiger partial charge in [-0.15, -0.1) is 0 Å². The molecule has 3 aromatic rings. The Hall–Kier alpha value is -2.68. The van der Waals surface area contributed by atoms with Crippen molar-refractivity contribution in [3.8, 4) is 0 Å². The summed E-state index contributed by atoms with van der Waals surface area (Å²) in [6.07, 6.45) is -7.17. The molecule has 3 aromatic carbocycles. The maximum Gasteiger partial charge on any atom is 0.297 e. The number of hydrogen-bond donors (Lipinski definition) is 0. The first-order valence-corrected chi connectivity index (χ1v) is 15.4. The van der Waals surface area contributed by atoms with E-state index in [0.717, 1.165) is 11.1 Å². The average molecular weight is 591 g/mol.